The Morgan fingerprint density at radius 1 is 1.05 bits per heavy atom. The summed E-state index contributed by atoms with van der Waals surface area (Å²) in [6.07, 6.45) is 4.53. The van der Waals surface area contributed by atoms with Crippen LogP contribution >= 0.6 is 0 Å². The van der Waals surface area contributed by atoms with E-state index in [0.29, 0.717) is 0 Å². The average Bonchev–Trinajstić information content (AvgIpc) is 2.56. The summed E-state index contributed by atoms with van der Waals surface area (Å²) >= 11 is 0. The molecule has 112 valence electrons. The topological polar surface area (TPSA) is 23.8 Å². The third-order valence-electron chi connectivity index (χ3n) is 4.14. The lowest BCUT2D eigenvalue weighted by Gasteiger charge is -2.28. The van der Waals surface area contributed by atoms with Crippen LogP contribution in [-0.4, -0.2) is 8.07 Å². The first kappa shape index (κ1) is 16.3. The monoisotopic (exact) mass is 305 g/mol. The molecule has 0 saturated heterocycles. The molecule has 0 unspecified atom stereocenters. The normalized spacial score (nSPS) is 12.0. The largest absolute Gasteiger partial charge is 0.192 e. The van der Waals surface area contributed by atoms with E-state index in [-0.39, 0.29) is 0 Å². The molecule has 2 aromatic rings. The van der Waals surface area contributed by atoms with Gasteiger partial charge in [0.15, 0.2) is 0 Å². The molecule has 0 amide bonds. The lowest BCUT2D eigenvalue weighted by atomic mass is 10.1. The summed E-state index contributed by atoms with van der Waals surface area (Å²) in [7, 11) is -1.82. The highest BCUT2D eigenvalue weighted by Gasteiger charge is 2.30. The van der Waals surface area contributed by atoms with Gasteiger partial charge in [-0.25, -0.2) is 0 Å². The summed E-state index contributed by atoms with van der Waals surface area (Å²) in [5.41, 5.74) is 1.89. The van der Waals surface area contributed by atoms with Crippen LogP contribution in [0.5, 0.6) is 0 Å². The highest BCUT2D eigenvalue weighted by Crippen LogP contribution is 2.29. The number of allylic oxidation sites excluding steroid dienone is 1. The van der Waals surface area contributed by atoms with Crippen molar-refractivity contribution in [3.8, 4) is 6.07 Å². The Kier molecular flexibility index (Phi) is 5.35. The van der Waals surface area contributed by atoms with E-state index >= 15 is 0 Å². The number of unbranched alkanes of at least 4 members (excludes halogenated alkanes) is 1. The van der Waals surface area contributed by atoms with Crippen LogP contribution in [0.15, 0.2) is 60.7 Å². The zero-order valence-electron chi connectivity index (χ0n) is 13.6. The number of rotatable bonds is 5. The minimum Gasteiger partial charge on any atom is -0.192 e. The molecular weight excluding hydrogens is 282 g/mol. The van der Waals surface area contributed by atoms with Gasteiger partial charge >= 0.3 is 0 Å². The molecule has 0 N–H and O–H groups in total. The smallest absolute Gasteiger partial charge is 0.112 e. The molecule has 0 radical (unpaired) electrons. The Labute approximate surface area is 134 Å². The summed E-state index contributed by atoms with van der Waals surface area (Å²) < 4.78 is 0. The van der Waals surface area contributed by atoms with Gasteiger partial charge in [0, 0.05) is 0 Å². The van der Waals surface area contributed by atoms with Gasteiger partial charge in [0.05, 0.1) is 11.6 Å². The first-order valence-corrected chi connectivity index (χ1v) is 10.9. The molecule has 2 heteroatoms. The van der Waals surface area contributed by atoms with Gasteiger partial charge in [-0.15, -0.1) is 0 Å². The molecule has 0 bridgehead atoms. The summed E-state index contributed by atoms with van der Waals surface area (Å²) in [6, 6.07) is 21.1. The second-order valence-electron chi connectivity index (χ2n) is 6.05. The molecule has 0 heterocycles. The molecule has 0 aliphatic carbocycles. The first-order valence-electron chi connectivity index (χ1n) is 7.87. The molecular formula is C20H23NSi. The lowest BCUT2D eigenvalue weighted by Crippen LogP contribution is -2.43. The molecule has 0 spiro atoms. The van der Waals surface area contributed by atoms with Crippen LogP contribution < -0.4 is 5.19 Å². The molecule has 0 aromatic heterocycles. The van der Waals surface area contributed by atoms with E-state index in [0.717, 1.165) is 24.0 Å². The minimum atomic E-state index is -1.82. The Balaban J connectivity index is 2.59. The Bertz CT molecular complexity index is 693. The number of hydrogen-bond acceptors (Lipinski definition) is 1. The maximum absolute atomic E-state index is 9.47. The highest BCUT2D eigenvalue weighted by atomic mass is 28.3. The van der Waals surface area contributed by atoms with E-state index in [2.05, 4.69) is 68.6 Å². The second kappa shape index (κ2) is 7.24. The second-order valence-corrected chi connectivity index (χ2v) is 10.4. The number of nitrogens with zero attached hydrogens (tertiary/aromatic N) is 1. The van der Waals surface area contributed by atoms with Gasteiger partial charge in [0.2, 0.25) is 0 Å². The van der Waals surface area contributed by atoms with Crippen LogP contribution in [0.2, 0.25) is 13.1 Å². The summed E-state index contributed by atoms with van der Waals surface area (Å²) in [6.45, 7) is 6.94. The van der Waals surface area contributed by atoms with E-state index in [1.54, 1.807) is 0 Å². The highest BCUT2D eigenvalue weighted by molar-refractivity contribution is 7.04. The Morgan fingerprint density at radius 3 is 2.32 bits per heavy atom. The maximum atomic E-state index is 9.47. The van der Waals surface area contributed by atoms with Gasteiger partial charge < -0.3 is 0 Å². The predicted octanol–water partition coefficient (Wildman–Crippen LogP) is 4.90. The molecule has 0 saturated carbocycles. The third-order valence-corrected chi connectivity index (χ3v) is 7.74. The molecule has 22 heavy (non-hydrogen) atoms. The molecule has 0 aliphatic rings. The fraction of sp³-hybridized carbons (Fsp3) is 0.250. The quantitative estimate of drug-likeness (QED) is 0.721. The SMILES string of the molecule is CCC/C=C(\c1ccccc1C#N)[Si](C)(C)c1ccccc1. The first-order chi connectivity index (χ1) is 10.6. The predicted molar refractivity (Wildman–Crippen MR) is 97.6 cm³/mol. The Morgan fingerprint density at radius 2 is 1.68 bits per heavy atom. The van der Waals surface area contributed by atoms with Crippen molar-refractivity contribution in [1.82, 2.24) is 0 Å². The minimum absolute atomic E-state index is 0.779. The van der Waals surface area contributed by atoms with Crippen molar-refractivity contribution < 1.29 is 0 Å². The van der Waals surface area contributed by atoms with Crippen molar-refractivity contribution in [3.05, 3.63) is 71.8 Å². The number of nitriles is 1. The van der Waals surface area contributed by atoms with Gasteiger partial charge in [-0.3, -0.25) is 0 Å². The molecule has 2 rings (SSSR count). The van der Waals surface area contributed by atoms with E-state index in [9.17, 15) is 5.26 Å². The third kappa shape index (κ3) is 3.37. The lowest BCUT2D eigenvalue weighted by molar-refractivity contribution is 0.961. The molecule has 0 fully saturated rings. The standard InChI is InChI=1S/C20H23NSi/c1-4-5-15-20(19-14-10-9-11-17(19)16-21)22(2,3)18-12-7-6-8-13-18/h6-15H,4-5H2,1-3H3/b20-15+. The molecule has 0 atom stereocenters. The zero-order chi connectivity index (χ0) is 16.0. The van der Waals surface area contributed by atoms with Crippen molar-refractivity contribution >= 4 is 18.5 Å². The van der Waals surface area contributed by atoms with Crippen molar-refractivity contribution in [2.45, 2.75) is 32.9 Å². The fourth-order valence-corrected chi connectivity index (χ4v) is 5.70. The van der Waals surface area contributed by atoms with Crippen LogP contribution in [-0.2, 0) is 0 Å². The van der Waals surface area contributed by atoms with Crippen LogP contribution in [0.1, 0.15) is 30.9 Å². The van der Waals surface area contributed by atoms with Crippen LogP contribution in [0.25, 0.3) is 5.20 Å². The van der Waals surface area contributed by atoms with Gasteiger partial charge in [-0.2, -0.15) is 5.26 Å². The fourth-order valence-electron chi connectivity index (χ4n) is 2.82. The Hall–Kier alpha value is -2.11. The number of benzene rings is 2. The van der Waals surface area contributed by atoms with Crippen molar-refractivity contribution in [3.63, 3.8) is 0 Å². The van der Waals surface area contributed by atoms with Crippen LogP contribution in [0.4, 0.5) is 0 Å². The molecule has 2 aromatic carbocycles. The maximum Gasteiger partial charge on any atom is 0.112 e. The van der Waals surface area contributed by atoms with Gasteiger partial charge in [-0.05, 0) is 18.1 Å². The van der Waals surface area contributed by atoms with E-state index in [4.69, 9.17) is 0 Å². The molecule has 0 aliphatic heterocycles. The van der Waals surface area contributed by atoms with Gasteiger partial charge in [0.1, 0.15) is 8.07 Å². The van der Waals surface area contributed by atoms with E-state index < -0.39 is 8.07 Å². The average molecular weight is 305 g/mol. The van der Waals surface area contributed by atoms with Gasteiger partial charge in [-0.1, -0.05) is 91.4 Å². The summed E-state index contributed by atoms with van der Waals surface area (Å²) in [5.74, 6) is 0. The van der Waals surface area contributed by atoms with Crippen molar-refractivity contribution in [2.75, 3.05) is 0 Å². The van der Waals surface area contributed by atoms with E-state index in [1.807, 2.05) is 18.2 Å². The van der Waals surface area contributed by atoms with Crippen molar-refractivity contribution in [2.24, 2.45) is 0 Å². The zero-order valence-corrected chi connectivity index (χ0v) is 14.6. The van der Waals surface area contributed by atoms with E-state index in [1.165, 1.54) is 10.4 Å². The summed E-state index contributed by atoms with van der Waals surface area (Å²) in [5, 5.41) is 12.2. The van der Waals surface area contributed by atoms with Gasteiger partial charge in [0.25, 0.3) is 0 Å². The summed E-state index contributed by atoms with van der Waals surface area (Å²) in [4.78, 5) is 0. The van der Waals surface area contributed by atoms with Crippen molar-refractivity contribution in [1.29, 1.82) is 5.26 Å². The number of hydrogen-bond donors (Lipinski definition) is 0. The van der Waals surface area contributed by atoms with Crippen LogP contribution in [0, 0.1) is 11.3 Å². The van der Waals surface area contributed by atoms with Crippen LogP contribution in [0.3, 0.4) is 0 Å². The molecule has 1 nitrogen and oxygen atoms in total.